The minimum atomic E-state index is 0.392. The van der Waals surface area contributed by atoms with Crippen LogP contribution in [0.25, 0.3) is 0 Å². The monoisotopic (exact) mass is 371 g/mol. The molecule has 28 heavy (non-hydrogen) atoms. The van der Waals surface area contributed by atoms with E-state index in [-0.39, 0.29) is 0 Å². The van der Waals surface area contributed by atoms with Crippen molar-refractivity contribution in [3.05, 3.63) is 102 Å². The molecule has 2 atom stereocenters. The van der Waals surface area contributed by atoms with Crippen LogP contribution < -0.4 is 0 Å². The summed E-state index contributed by atoms with van der Waals surface area (Å²) in [5, 5.41) is 0. The lowest BCUT2D eigenvalue weighted by molar-refractivity contribution is 0.0516. The maximum atomic E-state index is 4.66. The fraction of sp³-hybridized carbons (Fsp3) is 0.320. The lowest BCUT2D eigenvalue weighted by atomic mass is 9.93. The van der Waals surface area contributed by atoms with Crippen LogP contribution in [0.4, 0.5) is 0 Å². The maximum absolute atomic E-state index is 4.66. The van der Waals surface area contributed by atoms with E-state index < -0.39 is 0 Å². The van der Waals surface area contributed by atoms with Crippen LogP contribution in [0.1, 0.15) is 29.7 Å². The first-order valence-corrected chi connectivity index (χ1v) is 10.2. The van der Waals surface area contributed by atoms with Crippen molar-refractivity contribution in [1.82, 2.24) is 14.8 Å². The normalized spacial score (nSPS) is 19.4. The van der Waals surface area contributed by atoms with Gasteiger partial charge in [0.2, 0.25) is 0 Å². The van der Waals surface area contributed by atoms with Gasteiger partial charge in [-0.05, 0) is 23.3 Å². The van der Waals surface area contributed by atoms with E-state index in [1.165, 1.54) is 16.8 Å². The quantitative estimate of drug-likeness (QED) is 0.633. The molecule has 0 N–H and O–H groups in total. The molecular weight excluding hydrogens is 342 g/mol. The summed E-state index contributed by atoms with van der Waals surface area (Å²) in [4.78, 5) is 9.91. The third kappa shape index (κ3) is 4.67. The number of benzene rings is 2. The zero-order chi connectivity index (χ0) is 19.2. The molecule has 1 aliphatic rings. The Hall–Kier alpha value is -2.49. The van der Waals surface area contributed by atoms with E-state index in [0.717, 1.165) is 32.7 Å². The highest BCUT2D eigenvalue weighted by atomic mass is 15.3. The molecule has 2 unspecified atom stereocenters. The summed E-state index contributed by atoms with van der Waals surface area (Å²) in [5.41, 5.74) is 3.97. The van der Waals surface area contributed by atoms with E-state index >= 15 is 0 Å². The number of pyridine rings is 1. The van der Waals surface area contributed by atoms with Gasteiger partial charge < -0.3 is 0 Å². The largest absolute Gasteiger partial charge is 0.296 e. The first kappa shape index (κ1) is 18.9. The van der Waals surface area contributed by atoms with Crippen molar-refractivity contribution >= 4 is 0 Å². The Bertz CT molecular complexity index is 835. The fourth-order valence-corrected chi connectivity index (χ4v) is 4.22. The van der Waals surface area contributed by atoms with Crippen LogP contribution in [0.15, 0.2) is 85.1 Å². The van der Waals surface area contributed by atoms with Crippen molar-refractivity contribution in [1.29, 1.82) is 0 Å². The average molecular weight is 372 g/mol. The Morgan fingerprint density at radius 2 is 1.46 bits per heavy atom. The van der Waals surface area contributed by atoms with E-state index in [4.69, 9.17) is 0 Å². The van der Waals surface area contributed by atoms with E-state index in [2.05, 4.69) is 94.5 Å². The lowest BCUT2D eigenvalue weighted by Gasteiger charge is -2.44. The SMILES string of the molecule is CC(c1ccccn1)C1CN(Cc2ccccc2)CCN1Cc1ccccc1. The van der Waals surface area contributed by atoms with Crippen molar-refractivity contribution in [3.63, 3.8) is 0 Å². The van der Waals surface area contributed by atoms with Gasteiger partial charge in [-0.3, -0.25) is 14.8 Å². The Balaban J connectivity index is 1.52. The van der Waals surface area contributed by atoms with Crippen LogP contribution in [0, 0.1) is 0 Å². The van der Waals surface area contributed by atoms with Gasteiger partial charge >= 0.3 is 0 Å². The summed E-state index contributed by atoms with van der Waals surface area (Å²) in [6, 6.07) is 28.4. The van der Waals surface area contributed by atoms with Crippen LogP contribution in [0.2, 0.25) is 0 Å². The molecule has 4 rings (SSSR count). The molecule has 0 bridgehead atoms. The Morgan fingerprint density at radius 3 is 2.11 bits per heavy atom. The smallest absolute Gasteiger partial charge is 0.0447 e. The summed E-state index contributed by atoms with van der Waals surface area (Å²) < 4.78 is 0. The molecule has 1 fully saturated rings. The maximum Gasteiger partial charge on any atom is 0.0447 e. The summed E-state index contributed by atoms with van der Waals surface area (Å²) in [5.74, 6) is 0.392. The third-order valence-electron chi connectivity index (χ3n) is 5.83. The van der Waals surface area contributed by atoms with Crippen LogP contribution in [-0.4, -0.2) is 40.5 Å². The van der Waals surface area contributed by atoms with Crippen molar-refractivity contribution in [2.75, 3.05) is 19.6 Å². The van der Waals surface area contributed by atoms with Crippen molar-refractivity contribution in [3.8, 4) is 0 Å². The Morgan fingerprint density at radius 1 is 0.821 bits per heavy atom. The fourth-order valence-electron chi connectivity index (χ4n) is 4.22. The van der Waals surface area contributed by atoms with E-state index in [1.807, 2.05) is 12.3 Å². The second-order valence-electron chi connectivity index (χ2n) is 7.79. The van der Waals surface area contributed by atoms with Crippen LogP contribution in [-0.2, 0) is 13.1 Å². The molecule has 1 aliphatic heterocycles. The molecule has 1 saturated heterocycles. The standard InChI is InChI=1S/C25H29N3/c1-21(24-14-8-9-15-26-24)25-20-27(18-22-10-4-2-5-11-22)16-17-28(25)19-23-12-6-3-7-13-23/h2-15,21,25H,16-20H2,1H3. The predicted octanol–water partition coefficient (Wildman–Crippen LogP) is 4.57. The first-order chi connectivity index (χ1) is 13.8. The van der Waals surface area contributed by atoms with Gasteiger partial charge in [0.15, 0.2) is 0 Å². The number of hydrogen-bond donors (Lipinski definition) is 0. The van der Waals surface area contributed by atoms with E-state index in [9.17, 15) is 0 Å². The van der Waals surface area contributed by atoms with Gasteiger partial charge in [-0.25, -0.2) is 0 Å². The molecule has 3 nitrogen and oxygen atoms in total. The minimum Gasteiger partial charge on any atom is -0.296 e. The highest BCUT2D eigenvalue weighted by Gasteiger charge is 2.32. The number of rotatable bonds is 6. The summed E-state index contributed by atoms with van der Waals surface area (Å²) in [7, 11) is 0. The Labute approximate surface area is 168 Å². The van der Waals surface area contributed by atoms with Gasteiger partial charge in [-0.2, -0.15) is 0 Å². The van der Waals surface area contributed by atoms with E-state index in [1.54, 1.807) is 0 Å². The molecule has 0 aliphatic carbocycles. The van der Waals surface area contributed by atoms with Gasteiger partial charge in [0.1, 0.15) is 0 Å². The molecule has 0 radical (unpaired) electrons. The number of aromatic nitrogens is 1. The van der Waals surface area contributed by atoms with Gasteiger partial charge in [-0.1, -0.05) is 73.7 Å². The molecule has 1 aromatic heterocycles. The number of piperazine rings is 1. The zero-order valence-corrected chi connectivity index (χ0v) is 16.6. The Kier molecular flexibility index (Phi) is 6.15. The molecule has 3 aromatic rings. The summed E-state index contributed by atoms with van der Waals surface area (Å²) >= 11 is 0. The summed E-state index contributed by atoms with van der Waals surface area (Å²) in [6.07, 6.45) is 1.91. The van der Waals surface area contributed by atoms with Crippen molar-refractivity contribution in [2.45, 2.75) is 32.0 Å². The highest BCUT2D eigenvalue weighted by molar-refractivity contribution is 5.18. The van der Waals surface area contributed by atoms with Crippen LogP contribution in [0.3, 0.4) is 0 Å². The molecule has 2 heterocycles. The minimum absolute atomic E-state index is 0.392. The molecule has 144 valence electrons. The predicted molar refractivity (Wildman–Crippen MR) is 115 cm³/mol. The van der Waals surface area contributed by atoms with E-state index in [0.29, 0.717) is 12.0 Å². The molecule has 2 aromatic carbocycles. The first-order valence-electron chi connectivity index (χ1n) is 10.2. The average Bonchev–Trinajstić information content (AvgIpc) is 2.76. The number of hydrogen-bond acceptors (Lipinski definition) is 3. The topological polar surface area (TPSA) is 19.4 Å². The van der Waals surface area contributed by atoms with Gasteiger partial charge in [0.25, 0.3) is 0 Å². The number of nitrogens with zero attached hydrogens (tertiary/aromatic N) is 3. The molecule has 0 amide bonds. The molecule has 0 spiro atoms. The van der Waals surface area contributed by atoms with Crippen LogP contribution >= 0.6 is 0 Å². The van der Waals surface area contributed by atoms with Crippen molar-refractivity contribution < 1.29 is 0 Å². The lowest BCUT2D eigenvalue weighted by Crippen LogP contribution is -2.54. The second kappa shape index (κ2) is 9.13. The van der Waals surface area contributed by atoms with Crippen LogP contribution in [0.5, 0.6) is 0 Å². The second-order valence-corrected chi connectivity index (χ2v) is 7.79. The van der Waals surface area contributed by atoms with Gasteiger partial charge in [-0.15, -0.1) is 0 Å². The highest BCUT2D eigenvalue weighted by Crippen LogP contribution is 2.27. The van der Waals surface area contributed by atoms with Crippen molar-refractivity contribution in [2.24, 2.45) is 0 Å². The zero-order valence-electron chi connectivity index (χ0n) is 16.6. The third-order valence-corrected chi connectivity index (χ3v) is 5.83. The molecule has 3 heteroatoms. The van der Waals surface area contributed by atoms with Gasteiger partial charge in [0, 0.05) is 56.6 Å². The summed E-state index contributed by atoms with van der Waals surface area (Å²) in [6.45, 7) is 7.61. The molecular formula is C25H29N3. The molecule has 0 saturated carbocycles. The van der Waals surface area contributed by atoms with Gasteiger partial charge in [0.05, 0.1) is 0 Å².